The van der Waals surface area contributed by atoms with Crippen LogP contribution < -0.4 is 5.32 Å². The van der Waals surface area contributed by atoms with Crippen LogP contribution in [0.25, 0.3) is 0 Å². The normalized spacial score (nSPS) is 16.0. The number of rotatable bonds is 7. The van der Waals surface area contributed by atoms with Crippen molar-refractivity contribution in [3.05, 3.63) is 29.8 Å². The number of methoxy groups -OCH3 is 1. The van der Waals surface area contributed by atoms with Crippen molar-refractivity contribution in [2.45, 2.75) is 51.0 Å². The number of carbonyl (C=O) groups excluding carboxylic acids is 2. The molecule has 0 aliphatic heterocycles. The summed E-state index contributed by atoms with van der Waals surface area (Å²) in [5, 5.41) is 2.74. The van der Waals surface area contributed by atoms with E-state index in [1.54, 1.807) is 24.3 Å². The van der Waals surface area contributed by atoms with Crippen molar-refractivity contribution in [3.63, 3.8) is 0 Å². The molecule has 1 aromatic rings. The molecule has 0 aromatic heterocycles. The van der Waals surface area contributed by atoms with E-state index in [4.69, 9.17) is 0 Å². The van der Waals surface area contributed by atoms with E-state index < -0.39 is 16.0 Å². The van der Waals surface area contributed by atoms with Gasteiger partial charge in [0.15, 0.2) is 0 Å². The number of hydrogen-bond donors (Lipinski definition) is 1. The number of nitrogens with one attached hydrogen (secondary N) is 1. The predicted octanol–water partition coefficient (Wildman–Crippen LogP) is 2.79. The van der Waals surface area contributed by atoms with Crippen LogP contribution in [-0.4, -0.2) is 50.6 Å². The van der Waals surface area contributed by atoms with E-state index in [1.807, 2.05) is 0 Å². The van der Waals surface area contributed by atoms with E-state index in [-0.39, 0.29) is 24.9 Å². The largest absolute Gasteiger partial charge is 0.465 e. The Kier molecular flexibility index (Phi) is 7.79. The minimum Gasteiger partial charge on any atom is -0.465 e. The maximum atomic E-state index is 12.2. The minimum absolute atomic E-state index is 0.0189. The average Bonchev–Trinajstić information content (AvgIpc) is 2.90. The molecule has 1 aromatic carbocycles. The fourth-order valence-corrected chi connectivity index (χ4v) is 4.58. The van der Waals surface area contributed by atoms with Gasteiger partial charge in [-0.15, -0.1) is 0 Å². The number of carbonyl (C=O) groups is 2. The van der Waals surface area contributed by atoms with Crippen molar-refractivity contribution in [2.75, 3.05) is 25.2 Å². The molecule has 1 N–H and O–H groups in total. The minimum atomic E-state index is -3.37. The number of amides is 1. The van der Waals surface area contributed by atoms with Gasteiger partial charge in [0.2, 0.25) is 15.9 Å². The zero-order chi connectivity index (χ0) is 19.9. The van der Waals surface area contributed by atoms with E-state index in [1.165, 1.54) is 17.7 Å². The molecule has 27 heavy (non-hydrogen) atoms. The summed E-state index contributed by atoms with van der Waals surface area (Å²) in [7, 11) is -2.06. The third-order valence-corrected chi connectivity index (χ3v) is 6.14. The molecule has 0 radical (unpaired) electrons. The lowest BCUT2D eigenvalue weighted by atomic mass is 10.1. The summed E-state index contributed by atoms with van der Waals surface area (Å²) < 4.78 is 30.5. The fraction of sp³-hybridized carbons (Fsp3) is 0.579. The molecule has 2 rings (SSSR count). The highest BCUT2D eigenvalue weighted by molar-refractivity contribution is 7.88. The average molecular weight is 397 g/mol. The fourth-order valence-electron chi connectivity index (χ4n) is 3.41. The summed E-state index contributed by atoms with van der Waals surface area (Å²) in [6.45, 7) is 0.176. The number of ether oxygens (including phenoxy) is 1. The first kappa shape index (κ1) is 21.4. The SMILES string of the molecule is COC(=O)c1ccc(NC(=O)CCN(C2CCCCCC2)S(C)(=O)=O)cc1. The number of nitrogens with zero attached hydrogens (tertiary/aromatic N) is 1. The highest BCUT2D eigenvalue weighted by Crippen LogP contribution is 2.24. The molecule has 1 aliphatic carbocycles. The van der Waals surface area contributed by atoms with E-state index in [0.717, 1.165) is 38.5 Å². The first-order valence-corrected chi connectivity index (χ1v) is 11.1. The molecule has 0 saturated heterocycles. The Balaban J connectivity index is 1.94. The highest BCUT2D eigenvalue weighted by atomic mass is 32.2. The van der Waals surface area contributed by atoms with Gasteiger partial charge >= 0.3 is 5.97 Å². The molecule has 1 saturated carbocycles. The van der Waals surface area contributed by atoms with E-state index in [0.29, 0.717) is 11.3 Å². The summed E-state index contributed by atoms with van der Waals surface area (Å²) in [5.74, 6) is -0.705. The van der Waals surface area contributed by atoms with Crippen molar-refractivity contribution in [1.82, 2.24) is 4.31 Å². The number of benzene rings is 1. The Hall–Kier alpha value is -1.93. The molecule has 8 heteroatoms. The van der Waals surface area contributed by atoms with Gasteiger partial charge in [-0.2, -0.15) is 4.31 Å². The van der Waals surface area contributed by atoms with Gasteiger partial charge in [0.1, 0.15) is 0 Å². The third-order valence-electron chi connectivity index (χ3n) is 4.81. The Bertz CT molecular complexity index is 738. The Morgan fingerprint density at radius 2 is 1.70 bits per heavy atom. The van der Waals surface area contributed by atoms with Gasteiger partial charge in [0.25, 0.3) is 0 Å². The predicted molar refractivity (Wildman–Crippen MR) is 104 cm³/mol. The second kappa shape index (κ2) is 9.85. The number of hydrogen-bond acceptors (Lipinski definition) is 5. The van der Waals surface area contributed by atoms with Gasteiger partial charge in [0, 0.05) is 24.7 Å². The second-order valence-electron chi connectivity index (χ2n) is 6.89. The summed E-state index contributed by atoms with van der Waals surface area (Å²) in [5.41, 5.74) is 0.945. The van der Waals surface area contributed by atoms with E-state index in [9.17, 15) is 18.0 Å². The van der Waals surface area contributed by atoms with Crippen LogP contribution in [-0.2, 0) is 19.6 Å². The van der Waals surface area contributed by atoms with Gasteiger partial charge < -0.3 is 10.1 Å². The quantitative estimate of drug-likeness (QED) is 0.565. The maximum absolute atomic E-state index is 12.2. The van der Waals surface area contributed by atoms with Gasteiger partial charge in [-0.25, -0.2) is 13.2 Å². The van der Waals surface area contributed by atoms with Crippen LogP contribution in [0.15, 0.2) is 24.3 Å². The molecular formula is C19H28N2O5S. The van der Waals surface area contributed by atoms with Crippen molar-refractivity contribution >= 4 is 27.6 Å². The lowest BCUT2D eigenvalue weighted by Crippen LogP contribution is -2.41. The topological polar surface area (TPSA) is 92.8 Å². The molecule has 1 aliphatic rings. The zero-order valence-corrected chi connectivity index (χ0v) is 16.8. The molecule has 7 nitrogen and oxygen atoms in total. The second-order valence-corrected chi connectivity index (χ2v) is 8.82. The van der Waals surface area contributed by atoms with Gasteiger partial charge in [-0.3, -0.25) is 4.79 Å². The first-order chi connectivity index (χ1) is 12.8. The molecule has 150 valence electrons. The Labute approximate surface area is 161 Å². The van der Waals surface area contributed by atoms with E-state index in [2.05, 4.69) is 10.1 Å². The van der Waals surface area contributed by atoms with Crippen LogP contribution in [0, 0.1) is 0 Å². The molecule has 0 spiro atoms. The van der Waals surface area contributed by atoms with Gasteiger partial charge in [-0.1, -0.05) is 25.7 Å². The zero-order valence-electron chi connectivity index (χ0n) is 15.9. The number of anilines is 1. The monoisotopic (exact) mass is 396 g/mol. The van der Waals surface area contributed by atoms with Crippen LogP contribution in [0.2, 0.25) is 0 Å². The molecule has 1 fully saturated rings. The van der Waals surface area contributed by atoms with Crippen molar-refractivity contribution in [2.24, 2.45) is 0 Å². The Morgan fingerprint density at radius 3 is 2.22 bits per heavy atom. The van der Waals surface area contributed by atoms with Gasteiger partial charge in [-0.05, 0) is 37.1 Å². The lowest BCUT2D eigenvalue weighted by Gasteiger charge is -2.28. The third kappa shape index (κ3) is 6.62. The number of sulfonamides is 1. The van der Waals surface area contributed by atoms with Gasteiger partial charge in [0.05, 0.1) is 18.9 Å². The molecule has 1 amide bonds. The standard InChI is InChI=1S/C19H28N2O5S/c1-26-19(23)15-9-11-16(12-10-15)20-18(22)13-14-21(27(2,24)25)17-7-5-3-4-6-8-17/h9-12,17H,3-8,13-14H2,1-2H3,(H,20,22). The van der Waals surface area contributed by atoms with Crippen LogP contribution >= 0.6 is 0 Å². The van der Waals surface area contributed by atoms with Crippen LogP contribution in [0.3, 0.4) is 0 Å². The molecule has 0 heterocycles. The Morgan fingerprint density at radius 1 is 1.11 bits per heavy atom. The lowest BCUT2D eigenvalue weighted by molar-refractivity contribution is -0.116. The molecule has 0 atom stereocenters. The van der Waals surface area contributed by atoms with Crippen LogP contribution in [0.5, 0.6) is 0 Å². The molecule has 0 unspecified atom stereocenters. The summed E-state index contributed by atoms with van der Waals surface area (Å²) in [4.78, 5) is 23.7. The summed E-state index contributed by atoms with van der Waals surface area (Å²) >= 11 is 0. The molecular weight excluding hydrogens is 368 g/mol. The number of esters is 1. The first-order valence-electron chi connectivity index (χ1n) is 9.26. The molecule has 0 bridgehead atoms. The van der Waals surface area contributed by atoms with Crippen LogP contribution in [0.4, 0.5) is 5.69 Å². The summed E-state index contributed by atoms with van der Waals surface area (Å²) in [6.07, 6.45) is 7.31. The smallest absolute Gasteiger partial charge is 0.337 e. The summed E-state index contributed by atoms with van der Waals surface area (Å²) in [6, 6.07) is 6.34. The van der Waals surface area contributed by atoms with Crippen LogP contribution in [0.1, 0.15) is 55.3 Å². The maximum Gasteiger partial charge on any atom is 0.337 e. The van der Waals surface area contributed by atoms with Crippen molar-refractivity contribution in [1.29, 1.82) is 0 Å². The van der Waals surface area contributed by atoms with Crippen molar-refractivity contribution in [3.8, 4) is 0 Å². The van der Waals surface area contributed by atoms with E-state index >= 15 is 0 Å². The highest BCUT2D eigenvalue weighted by Gasteiger charge is 2.27. The van der Waals surface area contributed by atoms with Crippen molar-refractivity contribution < 1.29 is 22.7 Å².